The van der Waals surface area contributed by atoms with Crippen molar-refractivity contribution < 1.29 is 9.53 Å². The topological polar surface area (TPSA) is 68.5 Å². The van der Waals surface area contributed by atoms with Gasteiger partial charge in [0.15, 0.2) is 0 Å². The number of thiazole rings is 1. The van der Waals surface area contributed by atoms with Gasteiger partial charge in [-0.15, -0.1) is 36.2 Å². The Balaban J connectivity index is 0.00000200. The molecule has 0 spiro atoms. The van der Waals surface area contributed by atoms with Gasteiger partial charge in [-0.3, -0.25) is 4.79 Å². The highest BCUT2D eigenvalue weighted by Gasteiger charge is 2.19. The molecule has 0 aliphatic heterocycles. The molecule has 0 saturated heterocycles. The van der Waals surface area contributed by atoms with Crippen molar-refractivity contribution in [3.8, 4) is 0 Å². The van der Waals surface area contributed by atoms with Gasteiger partial charge in [0.25, 0.3) is 0 Å². The minimum Gasteiger partial charge on any atom is -0.383 e. The Labute approximate surface area is 140 Å². The van der Waals surface area contributed by atoms with Gasteiger partial charge in [0, 0.05) is 14.2 Å². The van der Waals surface area contributed by atoms with E-state index in [0.29, 0.717) is 6.54 Å². The third-order valence-corrected chi connectivity index (χ3v) is 3.77. The number of ether oxygens (including phenoxy) is 1. The summed E-state index contributed by atoms with van der Waals surface area (Å²) in [5.74, 6) is -0.138. The van der Waals surface area contributed by atoms with Crippen molar-refractivity contribution in [2.45, 2.75) is 12.6 Å². The molecule has 1 atom stereocenters. The first-order valence-corrected chi connectivity index (χ1v) is 6.77. The molecule has 1 heterocycles. The lowest BCUT2D eigenvalue weighted by molar-refractivity contribution is -0.132. The van der Waals surface area contributed by atoms with Gasteiger partial charge >= 0.3 is 0 Å². The van der Waals surface area contributed by atoms with Gasteiger partial charge in [0.05, 0.1) is 23.4 Å². The molecule has 2 N–H and O–H groups in total. The third kappa shape index (κ3) is 5.09. The van der Waals surface area contributed by atoms with E-state index in [-0.39, 0.29) is 37.3 Å². The summed E-state index contributed by atoms with van der Waals surface area (Å²) in [6.07, 6.45) is 0. The van der Waals surface area contributed by atoms with E-state index >= 15 is 0 Å². The van der Waals surface area contributed by atoms with Crippen molar-refractivity contribution in [2.75, 3.05) is 20.8 Å². The number of methoxy groups -OCH3 is 1. The first-order chi connectivity index (χ1) is 9.11. The number of nitrogens with zero attached hydrogens (tertiary/aromatic N) is 2. The lowest BCUT2D eigenvalue weighted by Crippen LogP contribution is -2.44. The van der Waals surface area contributed by atoms with Crippen LogP contribution in [0.3, 0.4) is 0 Å². The van der Waals surface area contributed by atoms with Crippen LogP contribution in [0, 0.1) is 0 Å². The maximum atomic E-state index is 12.0. The van der Waals surface area contributed by atoms with Crippen LogP contribution < -0.4 is 5.73 Å². The van der Waals surface area contributed by atoms with Crippen LogP contribution >= 0.6 is 36.2 Å². The number of amides is 1. The highest BCUT2D eigenvalue weighted by atomic mass is 35.5. The van der Waals surface area contributed by atoms with Gasteiger partial charge in [-0.25, -0.2) is 4.98 Å². The molecule has 1 aromatic carbocycles. The number of fused-ring (bicyclic) bond motifs is 1. The molecule has 0 aliphatic rings. The molecular formula is C13H19Cl2N3O2S. The molecular weight excluding hydrogens is 333 g/mol. The minimum absolute atomic E-state index is 0. The molecule has 0 radical (unpaired) electrons. The predicted octanol–water partition coefficient (Wildman–Crippen LogP) is 2.07. The number of benzene rings is 1. The second-order valence-electron chi connectivity index (χ2n) is 4.33. The number of likely N-dealkylation sites (N-methyl/N-ethyl adjacent to an activating group) is 1. The highest BCUT2D eigenvalue weighted by molar-refractivity contribution is 7.18. The maximum Gasteiger partial charge on any atom is 0.241 e. The van der Waals surface area contributed by atoms with E-state index in [2.05, 4.69) is 4.98 Å². The molecule has 21 heavy (non-hydrogen) atoms. The Morgan fingerprint density at radius 3 is 2.71 bits per heavy atom. The lowest BCUT2D eigenvalue weighted by atomic mass is 10.3. The van der Waals surface area contributed by atoms with Crippen LogP contribution in [0.15, 0.2) is 24.3 Å². The highest BCUT2D eigenvalue weighted by Crippen LogP contribution is 2.22. The summed E-state index contributed by atoms with van der Waals surface area (Å²) in [4.78, 5) is 18.0. The van der Waals surface area contributed by atoms with Gasteiger partial charge in [-0.1, -0.05) is 12.1 Å². The molecule has 5 nitrogen and oxygen atoms in total. The largest absolute Gasteiger partial charge is 0.383 e. The SMILES string of the molecule is COCC(N)C(=O)N(C)Cc1nc2ccccc2s1.Cl.Cl. The summed E-state index contributed by atoms with van der Waals surface area (Å²) in [5, 5.41) is 0.904. The molecule has 2 aromatic rings. The molecule has 0 saturated carbocycles. The quantitative estimate of drug-likeness (QED) is 0.895. The molecule has 0 aliphatic carbocycles. The van der Waals surface area contributed by atoms with E-state index in [4.69, 9.17) is 10.5 Å². The predicted molar refractivity (Wildman–Crippen MR) is 90.4 cm³/mol. The third-order valence-electron chi connectivity index (χ3n) is 2.75. The molecule has 0 bridgehead atoms. The summed E-state index contributed by atoms with van der Waals surface area (Å²) >= 11 is 1.59. The van der Waals surface area contributed by atoms with Gasteiger partial charge in [-0.05, 0) is 12.1 Å². The fraction of sp³-hybridized carbons (Fsp3) is 0.385. The minimum atomic E-state index is -0.621. The van der Waals surface area contributed by atoms with Crippen molar-refractivity contribution in [2.24, 2.45) is 5.73 Å². The van der Waals surface area contributed by atoms with Gasteiger partial charge in [-0.2, -0.15) is 0 Å². The van der Waals surface area contributed by atoms with E-state index in [9.17, 15) is 4.79 Å². The monoisotopic (exact) mass is 351 g/mol. The molecule has 8 heteroatoms. The number of hydrogen-bond acceptors (Lipinski definition) is 5. The van der Waals surface area contributed by atoms with Gasteiger partial charge in [0.2, 0.25) is 5.91 Å². The van der Waals surface area contributed by atoms with E-state index in [0.717, 1.165) is 15.2 Å². The Hall–Kier alpha value is -0.920. The average Bonchev–Trinajstić information content (AvgIpc) is 2.80. The van der Waals surface area contributed by atoms with E-state index in [1.165, 1.54) is 7.11 Å². The van der Waals surface area contributed by atoms with E-state index in [1.54, 1.807) is 23.3 Å². The fourth-order valence-electron chi connectivity index (χ4n) is 1.80. The number of aromatic nitrogens is 1. The van der Waals surface area contributed by atoms with Crippen molar-refractivity contribution in [1.29, 1.82) is 0 Å². The Kier molecular flexibility index (Phi) is 8.77. The van der Waals surface area contributed by atoms with Crippen LogP contribution in [0.1, 0.15) is 5.01 Å². The van der Waals surface area contributed by atoms with Crippen molar-refractivity contribution >= 4 is 52.3 Å². The van der Waals surface area contributed by atoms with Crippen LogP contribution in [-0.2, 0) is 16.1 Å². The van der Waals surface area contributed by atoms with Crippen molar-refractivity contribution in [3.05, 3.63) is 29.3 Å². The second kappa shape index (κ2) is 9.17. The van der Waals surface area contributed by atoms with E-state index in [1.807, 2.05) is 24.3 Å². The van der Waals surface area contributed by atoms with Crippen LogP contribution in [0.25, 0.3) is 10.2 Å². The fourth-order valence-corrected chi connectivity index (χ4v) is 2.82. The molecule has 118 valence electrons. The molecule has 1 unspecified atom stereocenters. The molecule has 1 amide bonds. The van der Waals surface area contributed by atoms with Crippen molar-refractivity contribution in [1.82, 2.24) is 9.88 Å². The normalized spacial score (nSPS) is 11.4. The average molecular weight is 352 g/mol. The zero-order valence-corrected chi connectivity index (χ0v) is 14.3. The smallest absolute Gasteiger partial charge is 0.241 e. The number of rotatable bonds is 5. The first-order valence-electron chi connectivity index (χ1n) is 5.95. The number of carbonyl (C=O) groups excluding carboxylic acids is 1. The molecule has 2 rings (SSSR count). The summed E-state index contributed by atoms with van der Waals surface area (Å²) in [7, 11) is 3.25. The zero-order valence-electron chi connectivity index (χ0n) is 11.8. The number of halogens is 2. The van der Waals surface area contributed by atoms with Gasteiger partial charge < -0.3 is 15.4 Å². The second-order valence-corrected chi connectivity index (χ2v) is 5.45. The summed E-state index contributed by atoms with van der Waals surface area (Å²) in [5.41, 5.74) is 6.69. The molecule has 1 aromatic heterocycles. The van der Waals surface area contributed by atoms with E-state index < -0.39 is 6.04 Å². The Bertz CT molecular complexity index is 546. The number of nitrogens with two attached hydrogens (primary N) is 1. The van der Waals surface area contributed by atoms with Crippen LogP contribution in [-0.4, -0.2) is 42.6 Å². The first kappa shape index (κ1) is 20.1. The Morgan fingerprint density at radius 1 is 1.43 bits per heavy atom. The maximum absolute atomic E-state index is 12.0. The Morgan fingerprint density at radius 2 is 2.10 bits per heavy atom. The summed E-state index contributed by atoms with van der Waals surface area (Å²) in [6.45, 7) is 0.693. The number of carbonyl (C=O) groups is 1. The zero-order chi connectivity index (χ0) is 13.8. The number of hydrogen-bond donors (Lipinski definition) is 1. The van der Waals surface area contributed by atoms with Crippen molar-refractivity contribution in [3.63, 3.8) is 0 Å². The van der Waals surface area contributed by atoms with Crippen LogP contribution in [0.2, 0.25) is 0 Å². The summed E-state index contributed by atoms with van der Waals surface area (Å²) in [6, 6.07) is 7.30. The summed E-state index contributed by atoms with van der Waals surface area (Å²) < 4.78 is 6.01. The van der Waals surface area contributed by atoms with Gasteiger partial charge in [0.1, 0.15) is 11.0 Å². The van der Waals surface area contributed by atoms with Crippen LogP contribution in [0.5, 0.6) is 0 Å². The number of para-hydroxylation sites is 1. The van der Waals surface area contributed by atoms with Crippen LogP contribution in [0.4, 0.5) is 0 Å². The standard InChI is InChI=1S/C13H17N3O2S.2ClH/c1-16(13(17)9(14)8-18-2)7-12-15-10-5-3-4-6-11(10)19-12;;/h3-6,9H,7-8,14H2,1-2H3;2*1H. The lowest BCUT2D eigenvalue weighted by Gasteiger charge is -2.19. The molecule has 0 fully saturated rings.